The Bertz CT molecular complexity index is 465. The van der Waals surface area contributed by atoms with Gasteiger partial charge >= 0.3 is 12.1 Å². The maximum atomic E-state index is 12.6. The molecule has 17 heavy (non-hydrogen) atoms. The lowest BCUT2D eigenvalue weighted by molar-refractivity contribution is -0.143. The lowest BCUT2D eigenvalue weighted by atomic mass is 10.1. The minimum absolute atomic E-state index is 0.0868. The van der Waals surface area contributed by atoms with Gasteiger partial charge in [0.15, 0.2) is 0 Å². The summed E-state index contributed by atoms with van der Waals surface area (Å²) in [5.41, 5.74) is -2.30. The van der Waals surface area contributed by atoms with Crippen LogP contribution in [0.15, 0.2) is 17.1 Å². The van der Waals surface area contributed by atoms with Crippen molar-refractivity contribution in [1.82, 2.24) is 4.98 Å². The van der Waals surface area contributed by atoms with Crippen LogP contribution in [-0.4, -0.2) is 17.6 Å². The Morgan fingerprint density at radius 3 is 2.65 bits per heavy atom. The van der Waals surface area contributed by atoms with Gasteiger partial charge in [-0.25, -0.2) is 0 Å². The Morgan fingerprint density at radius 2 is 2.12 bits per heavy atom. The molecule has 1 aromatic rings. The molecule has 0 saturated carbocycles. The van der Waals surface area contributed by atoms with Crippen molar-refractivity contribution in [3.8, 4) is 0 Å². The van der Waals surface area contributed by atoms with Gasteiger partial charge in [0.2, 0.25) is 5.56 Å². The van der Waals surface area contributed by atoms with Gasteiger partial charge in [0.1, 0.15) is 0 Å². The molecule has 0 amide bonds. The monoisotopic (exact) mass is 249 g/mol. The van der Waals surface area contributed by atoms with Crippen LogP contribution in [0.4, 0.5) is 13.2 Å². The first kappa shape index (κ1) is 13.3. The summed E-state index contributed by atoms with van der Waals surface area (Å²) in [4.78, 5) is 24.0. The van der Waals surface area contributed by atoms with E-state index in [-0.39, 0.29) is 12.2 Å². The third-order valence-corrected chi connectivity index (χ3v) is 1.96. The minimum Gasteiger partial charge on any atom is -0.466 e. The Hall–Kier alpha value is -1.79. The normalized spacial score (nSPS) is 11.3. The molecule has 0 aliphatic rings. The number of ether oxygens (including phenoxy) is 1. The SMILES string of the molecule is CCOC(=O)Cc1c[nH]c(=O)cc1C(F)(F)F. The van der Waals surface area contributed by atoms with Crippen LogP contribution in [0.5, 0.6) is 0 Å². The fourth-order valence-corrected chi connectivity index (χ4v) is 1.28. The van der Waals surface area contributed by atoms with E-state index in [4.69, 9.17) is 0 Å². The summed E-state index contributed by atoms with van der Waals surface area (Å²) >= 11 is 0. The average Bonchev–Trinajstić information content (AvgIpc) is 2.19. The lowest BCUT2D eigenvalue weighted by Crippen LogP contribution is -2.18. The van der Waals surface area contributed by atoms with Crippen LogP contribution < -0.4 is 5.56 Å². The van der Waals surface area contributed by atoms with Crippen LogP contribution in [0.25, 0.3) is 0 Å². The molecule has 1 rings (SSSR count). The van der Waals surface area contributed by atoms with Crippen molar-refractivity contribution in [2.75, 3.05) is 6.61 Å². The summed E-state index contributed by atoms with van der Waals surface area (Å²) in [7, 11) is 0. The standard InChI is InChI=1S/C10H10F3NO3/c1-2-17-9(16)3-6-5-14-8(15)4-7(6)10(11,12)13/h4-5H,2-3H2,1H3,(H,14,15). The number of H-pyrrole nitrogens is 1. The number of aromatic nitrogens is 1. The number of hydrogen-bond donors (Lipinski definition) is 1. The number of alkyl halides is 3. The van der Waals surface area contributed by atoms with Gasteiger partial charge in [-0.05, 0) is 12.5 Å². The van der Waals surface area contributed by atoms with Crippen molar-refractivity contribution in [1.29, 1.82) is 0 Å². The number of hydrogen-bond acceptors (Lipinski definition) is 3. The topological polar surface area (TPSA) is 59.2 Å². The first-order chi connectivity index (χ1) is 7.84. The number of halogens is 3. The molecule has 0 radical (unpaired) electrons. The van der Waals surface area contributed by atoms with Gasteiger partial charge in [-0.3, -0.25) is 9.59 Å². The minimum atomic E-state index is -4.67. The fraction of sp³-hybridized carbons (Fsp3) is 0.400. The summed E-state index contributed by atoms with van der Waals surface area (Å²) in [5, 5.41) is 0. The summed E-state index contributed by atoms with van der Waals surface area (Å²) in [5.74, 6) is -0.773. The molecule has 0 bridgehead atoms. The van der Waals surface area contributed by atoms with Crippen molar-refractivity contribution >= 4 is 5.97 Å². The second-order valence-corrected chi connectivity index (χ2v) is 3.22. The second kappa shape index (κ2) is 5.03. The average molecular weight is 249 g/mol. The zero-order valence-corrected chi connectivity index (χ0v) is 8.93. The van der Waals surface area contributed by atoms with Crippen LogP contribution >= 0.6 is 0 Å². The molecular formula is C10H10F3NO3. The van der Waals surface area contributed by atoms with E-state index in [1.807, 2.05) is 0 Å². The van der Waals surface area contributed by atoms with Crippen LogP contribution in [0, 0.1) is 0 Å². The molecule has 0 atom stereocenters. The molecule has 0 spiro atoms. The van der Waals surface area contributed by atoms with Crippen molar-refractivity contribution in [2.45, 2.75) is 19.5 Å². The van der Waals surface area contributed by atoms with Gasteiger partial charge in [0, 0.05) is 12.3 Å². The first-order valence-corrected chi connectivity index (χ1v) is 4.79. The van der Waals surface area contributed by atoms with Gasteiger partial charge in [-0.15, -0.1) is 0 Å². The predicted octanol–water partition coefficient (Wildman–Crippen LogP) is 1.50. The molecule has 0 fully saturated rings. The summed E-state index contributed by atoms with van der Waals surface area (Å²) in [6.07, 6.45) is -4.32. The van der Waals surface area contributed by atoms with Gasteiger partial charge in [-0.1, -0.05) is 0 Å². The van der Waals surface area contributed by atoms with Crippen molar-refractivity contribution in [2.24, 2.45) is 0 Å². The number of nitrogens with one attached hydrogen (secondary N) is 1. The zero-order chi connectivity index (χ0) is 13.1. The van der Waals surface area contributed by atoms with E-state index in [0.29, 0.717) is 6.07 Å². The van der Waals surface area contributed by atoms with E-state index in [2.05, 4.69) is 9.72 Å². The zero-order valence-electron chi connectivity index (χ0n) is 8.93. The molecule has 1 N–H and O–H groups in total. The number of carbonyl (C=O) groups is 1. The molecule has 4 nitrogen and oxygen atoms in total. The highest BCUT2D eigenvalue weighted by Gasteiger charge is 2.34. The number of esters is 1. The van der Waals surface area contributed by atoms with E-state index in [0.717, 1.165) is 6.20 Å². The van der Waals surface area contributed by atoms with Crippen LogP contribution in [0.2, 0.25) is 0 Å². The van der Waals surface area contributed by atoms with Gasteiger partial charge in [0.25, 0.3) is 0 Å². The first-order valence-electron chi connectivity index (χ1n) is 4.79. The van der Waals surface area contributed by atoms with Gasteiger partial charge in [-0.2, -0.15) is 13.2 Å². The molecular weight excluding hydrogens is 239 g/mol. The van der Waals surface area contributed by atoms with E-state index in [1.54, 1.807) is 6.92 Å². The largest absolute Gasteiger partial charge is 0.466 e. The Labute approximate surface area is 94.4 Å². The van der Waals surface area contributed by atoms with Crippen molar-refractivity contribution in [3.63, 3.8) is 0 Å². The summed E-state index contributed by atoms with van der Waals surface area (Å²) in [6, 6.07) is 0.425. The predicted molar refractivity (Wildman–Crippen MR) is 52.4 cm³/mol. The molecule has 1 aromatic heterocycles. The fourth-order valence-electron chi connectivity index (χ4n) is 1.28. The van der Waals surface area contributed by atoms with Gasteiger partial charge < -0.3 is 9.72 Å². The Balaban J connectivity index is 3.07. The molecule has 0 aliphatic heterocycles. The van der Waals surface area contributed by atoms with E-state index in [9.17, 15) is 22.8 Å². The maximum Gasteiger partial charge on any atom is 0.416 e. The van der Waals surface area contributed by atoms with E-state index >= 15 is 0 Å². The lowest BCUT2D eigenvalue weighted by Gasteiger charge is -2.11. The highest BCUT2D eigenvalue weighted by Crippen LogP contribution is 2.30. The Kier molecular flexibility index (Phi) is 3.93. The summed E-state index contributed by atoms with van der Waals surface area (Å²) in [6.45, 7) is 1.64. The second-order valence-electron chi connectivity index (χ2n) is 3.22. The van der Waals surface area contributed by atoms with Crippen LogP contribution in [0.1, 0.15) is 18.1 Å². The molecule has 94 valence electrons. The highest BCUT2D eigenvalue weighted by atomic mass is 19.4. The third kappa shape index (κ3) is 3.61. The molecule has 0 aromatic carbocycles. The smallest absolute Gasteiger partial charge is 0.416 e. The highest BCUT2D eigenvalue weighted by molar-refractivity contribution is 5.73. The number of carbonyl (C=O) groups excluding carboxylic acids is 1. The van der Waals surface area contributed by atoms with E-state index < -0.39 is 29.7 Å². The molecule has 0 unspecified atom stereocenters. The number of aromatic amines is 1. The van der Waals surface area contributed by atoms with E-state index in [1.165, 1.54) is 0 Å². The number of rotatable bonds is 3. The van der Waals surface area contributed by atoms with Crippen LogP contribution in [0.3, 0.4) is 0 Å². The quantitative estimate of drug-likeness (QED) is 0.826. The van der Waals surface area contributed by atoms with Crippen LogP contribution in [-0.2, 0) is 22.1 Å². The molecule has 0 saturated heterocycles. The summed E-state index contributed by atoms with van der Waals surface area (Å²) < 4.78 is 42.2. The van der Waals surface area contributed by atoms with Gasteiger partial charge in [0.05, 0.1) is 18.6 Å². The third-order valence-electron chi connectivity index (χ3n) is 1.96. The maximum absolute atomic E-state index is 12.6. The molecule has 0 aliphatic carbocycles. The van der Waals surface area contributed by atoms with Crippen molar-refractivity contribution in [3.05, 3.63) is 33.7 Å². The molecule has 1 heterocycles. The Morgan fingerprint density at radius 1 is 1.47 bits per heavy atom. The van der Waals surface area contributed by atoms with Crippen molar-refractivity contribution < 1.29 is 22.7 Å². The number of pyridine rings is 1. The molecule has 7 heteroatoms.